The highest BCUT2D eigenvalue weighted by Crippen LogP contribution is 2.39. The van der Waals surface area contributed by atoms with Crippen LogP contribution in [-0.4, -0.2) is 4.57 Å². The molecule has 0 aliphatic heterocycles. The highest BCUT2D eigenvalue weighted by molar-refractivity contribution is 6.11. The van der Waals surface area contributed by atoms with Gasteiger partial charge in [-0.3, -0.25) is 4.79 Å². The summed E-state index contributed by atoms with van der Waals surface area (Å²) in [5.41, 5.74) is 9.21. The molecule has 0 atom stereocenters. The monoisotopic (exact) mass is 465 g/mol. The third-order valence-electron chi connectivity index (χ3n) is 7.24. The molecule has 0 fully saturated rings. The molecule has 7 aromatic rings. The standard InChI is InChI=1S/C33H23NO2/c1-20-9-7-13-24-25-14-8-10-21(2)32(25)34(31(20)24)28-15-5-3-11-23(28)22-17-18-30-27(19-22)33(35)26-12-4-6-16-29(26)36-30/h3-19H,1-2H3. The quantitative estimate of drug-likeness (QED) is 0.241. The number of para-hydroxylation sites is 4. The van der Waals surface area contributed by atoms with Gasteiger partial charge in [-0.1, -0.05) is 72.8 Å². The number of benzene rings is 5. The molecule has 0 bridgehead atoms. The van der Waals surface area contributed by atoms with Crippen LogP contribution in [0.4, 0.5) is 0 Å². The Labute approximate surface area is 207 Å². The lowest BCUT2D eigenvalue weighted by atomic mass is 10.0. The fourth-order valence-electron chi connectivity index (χ4n) is 5.58. The normalized spacial score (nSPS) is 11.7. The average Bonchev–Trinajstić information content (AvgIpc) is 3.26. The molecule has 0 aliphatic rings. The van der Waals surface area contributed by atoms with Gasteiger partial charge in [0, 0.05) is 16.3 Å². The number of aromatic nitrogens is 1. The predicted octanol–water partition coefficient (Wildman–Crippen LogP) is 8.33. The first-order valence-corrected chi connectivity index (χ1v) is 12.2. The van der Waals surface area contributed by atoms with Gasteiger partial charge in [0.15, 0.2) is 0 Å². The zero-order chi connectivity index (χ0) is 24.4. The third-order valence-corrected chi connectivity index (χ3v) is 7.24. The van der Waals surface area contributed by atoms with E-state index in [-0.39, 0.29) is 5.43 Å². The molecular formula is C33H23NO2. The predicted molar refractivity (Wildman–Crippen MR) is 149 cm³/mol. The first-order chi connectivity index (χ1) is 17.6. The van der Waals surface area contributed by atoms with Crippen molar-refractivity contribution in [3.63, 3.8) is 0 Å². The van der Waals surface area contributed by atoms with E-state index < -0.39 is 0 Å². The zero-order valence-electron chi connectivity index (χ0n) is 20.1. The number of rotatable bonds is 2. The lowest BCUT2D eigenvalue weighted by molar-refractivity contribution is 0.660. The van der Waals surface area contributed by atoms with E-state index in [4.69, 9.17) is 4.42 Å². The van der Waals surface area contributed by atoms with E-state index >= 15 is 0 Å². The molecule has 3 nitrogen and oxygen atoms in total. The van der Waals surface area contributed by atoms with Gasteiger partial charge in [0.25, 0.3) is 0 Å². The minimum absolute atomic E-state index is 0.00488. The fraction of sp³-hybridized carbons (Fsp3) is 0.0606. The van der Waals surface area contributed by atoms with E-state index in [1.165, 1.54) is 32.9 Å². The van der Waals surface area contributed by atoms with E-state index in [9.17, 15) is 4.79 Å². The van der Waals surface area contributed by atoms with E-state index in [0.717, 1.165) is 16.8 Å². The number of nitrogens with zero attached hydrogens (tertiary/aromatic N) is 1. The summed E-state index contributed by atoms with van der Waals surface area (Å²) in [6, 6.07) is 34.8. The summed E-state index contributed by atoms with van der Waals surface area (Å²) < 4.78 is 8.45. The van der Waals surface area contributed by atoms with Crippen molar-refractivity contribution < 1.29 is 4.42 Å². The molecule has 2 aromatic heterocycles. The summed E-state index contributed by atoms with van der Waals surface area (Å²) in [4.78, 5) is 13.4. The molecule has 0 radical (unpaired) electrons. The Morgan fingerprint density at radius 1 is 0.583 bits per heavy atom. The molecule has 0 aliphatic carbocycles. The van der Waals surface area contributed by atoms with Crippen LogP contribution in [0.3, 0.4) is 0 Å². The van der Waals surface area contributed by atoms with Crippen LogP contribution >= 0.6 is 0 Å². The molecule has 0 spiro atoms. The van der Waals surface area contributed by atoms with Crippen molar-refractivity contribution in [2.45, 2.75) is 13.8 Å². The maximum absolute atomic E-state index is 13.4. The lowest BCUT2D eigenvalue weighted by Gasteiger charge is -2.16. The van der Waals surface area contributed by atoms with Gasteiger partial charge in [0.2, 0.25) is 5.43 Å². The van der Waals surface area contributed by atoms with Crippen LogP contribution in [0.2, 0.25) is 0 Å². The molecule has 3 heteroatoms. The molecule has 0 saturated carbocycles. The summed E-state index contributed by atoms with van der Waals surface area (Å²) in [6.07, 6.45) is 0. The van der Waals surface area contributed by atoms with Crippen molar-refractivity contribution in [2.24, 2.45) is 0 Å². The summed E-state index contributed by atoms with van der Waals surface area (Å²) >= 11 is 0. The van der Waals surface area contributed by atoms with Crippen molar-refractivity contribution in [3.05, 3.63) is 124 Å². The Morgan fingerprint density at radius 2 is 1.19 bits per heavy atom. The van der Waals surface area contributed by atoms with Crippen LogP contribution in [0.5, 0.6) is 0 Å². The Balaban J connectivity index is 1.57. The Morgan fingerprint density at radius 3 is 1.94 bits per heavy atom. The average molecular weight is 466 g/mol. The van der Waals surface area contributed by atoms with Crippen LogP contribution in [-0.2, 0) is 0 Å². The summed E-state index contributed by atoms with van der Waals surface area (Å²) in [5, 5.41) is 3.68. The van der Waals surface area contributed by atoms with Gasteiger partial charge < -0.3 is 8.98 Å². The maximum Gasteiger partial charge on any atom is 0.200 e. The topological polar surface area (TPSA) is 35.1 Å². The number of hydrogen-bond donors (Lipinski definition) is 0. The highest BCUT2D eigenvalue weighted by atomic mass is 16.3. The highest BCUT2D eigenvalue weighted by Gasteiger charge is 2.18. The third kappa shape index (κ3) is 2.89. The van der Waals surface area contributed by atoms with Crippen LogP contribution in [0.25, 0.3) is 60.6 Å². The van der Waals surface area contributed by atoms with Gasteiger partial charge >= 0.3 is 0 Å². The van der Waals surface area contributed by atoms with Gasteiger partial charge in [-0.25, -0.2) is 0 Å². The van der Waals surface area contributed by atoms with Crippen molar-refractivity contribution >= 4 is 43.7 Å². The number of aryl methyl sites for hydroxylation is 2. The first kappa shape index (κ1) is 20.7. The maximum atomic E-state index is 13.4. The van der Waals surface area contributed by atoms with Gasteiger partial charge in [0.05, 0.1) is 27.5 Å². The summed E-state index contributed by atoms with van der Waals surface area (Å²) in [6.45, 7) is 4.34. The van der Waals surface area contributed by atoms with Gasteiger partial charge in [-0.15, -0.1) is 0 Å². The Kier molecular flexibility index (Phi) is 4.43. The van der Waals surface area contributed by atoms with E-state index in [0.29, 0.717) is 21.9 Å². The molecule has 0 N–H and O–H groups in total. The Hall–Kier alpha value is -4.63. The zero-order valence-corrected chi connectivity index (χ0v) is 20.1. The molecule has 5 aromatic carbocycles. The molecule has 0 amide bonds. The van der Waals surface area contributed by atoms with Crippen molar-refractivity contribution in [2.75, 3.05) is 0 Å². The minimum atomic E-state index is -0.00488. The molecule has 0 saturated heterocycles. The molecule has 36 heavy (non-hydrogen) atoms. The second-order valence-corrected chi connectivity index (χ2v) is 9.43. The second kappa shape index (κ2) is 7.69. The number of hydrogen-bond acceptors (Lipinski definition) is 2. The van der Waals surface area contributed by atoms with Crippen LogP contribution in [0, 0.1) is 13.8 Å². The SMILES string of the molecule is Cc1cccc2c3cccc(C)c3n(-c3ccccc3-c3ccc4oc5ccccc5c(=O)c4c3)c12. The molecule has 0 unspecified atom stereocenters. The summed E-state index contributed by atoms with van der Waals surface area (Å²) in [7, 11) is 0. The first-order valence-electron chi connectivity index (χ1n) is 12.2. The van der Waals surface area contributed by atoms with Gasteiger partial charge in [-0.05, 0) is 60.9 Å². The van der Waals surface area contributed by atoms with Crippen LogP contribution in [0.1, 0.15) is 11.1 Å². The van der Waals surface area contributed by atoms with Gasteiger partial charge in [0.1, 0.15) is 11.2 Å². The molecular weight excluding hydrogens is 442 g/mol. The smallest absolute Gasteiger partial charge is 0.200 e. The molecule has 172 valence electrons. The van der Waals surface area contributed by atoms with Crippen molar-refractivity contribution in [1.29, 1.82) is 0 Å². The largest absolute Gasteiger partial charge is 0.456 e. The summed E-state index contributed by atoms with van der Waals surface area (Å²) in [5.74, 6) is 0. The van der Waals surface area contributed by atoms with Crippen molar-refractivity contribution in [1.82, 2.24) is 4.57 Å². The van der Waals surface area contributed by atoms with E-state index in [1.807, 2.05) is 42.5 Å². The molecule has 7 rings (SSSR count). The fourth-order valence-corrected chi connectivity index (χ4v) is 5.58. The molecule has 2 heterocycles. The lowest BCUT2D eigenvalue weighted by Crippen LogP contribution is -2.03. The van der Waals surface area contributed by atoms with E-state index in [1.54, 1.807) is 0 Å². The van der Waals surface area contributed by atoms with Gasteiger partial charge in [-0.2, -0.15) is 0 Å². The minimum Gasteiger partial charge on any atom is -0.456 e. The van der Waals surface area contributed by atoms with Crippen LogP contribution < -0.4 is 5.43 Å². The Bertz CT molecular complexity index is 1980. The van der Waals surface area contributed by atoms with Crippen LogP contribution in [0.15, 0.2) is 112 Å². The van der Waals surface area contributed by atoms with E-state index in [2.05, 4.69) is 79.1 Å². The second-order valence-electron chi connectivity index (χ2n) is 9.43. The number of fused-ring (bicyclic) bond motifs is 5. The van der Waals surface area contributed by atoms with Crippen molar-refractivity contribution in [3.8, 4) is 16.8 Å².